The van der Waals surface area contributed by atoms with Crippen LogP contribution in [0.1, 0.15) is 61.5 Å². The van der Waals surface area contributed by atoms with E-state index in [1.807, 2.05) is 12.3 Å². The van der Waals surface area contributed by atoms with Crippen molar-refractivity contribution in [3.8, 4) is 0 Å². The van der Waals surface area contributed by atoms with Crippen LogP contribution in [0.2, 0.25) is 0 Å². The number of fused-ring (bicyclic) bond motifs is 1. The number of nitrogens with zero attached hydrogens (tertiary/aromatic N) is 6. The Morgan fingerprint density at radius 1 is 1.09 bits per heavy atom. The van der Waals surface area contributed by atoms with E-state index in [2.05, 4.69) is 38.1 Å². The first-order chi connectivity index (χ1) is 17.0. The van der Waals surface area contributed by atoms with Gasteiger partial charge in [-0.25, -0.2) is 9.97 Å². The first kappa shape index (κ1) is 23.4. The second-order valence-electron chi connectivity index (χ2n) is 9.55. The van der Waals surface area contributed by atoms with Gasteiger partial charge in [0.2, 0.25) is 5.95 Å². The summed E-state index contributed by atoms with van der Waals surface area (Å²) in [6, 6.07) is 4.05. The van der Waals surface area contributed by atoms with Crippen molar-refractivity contribution in [3.05, 3.63) is 46.0 Å². The molecule has 0 amide bonds. The van der Waals surface area contributed by atoms with Crippen molar-refractivity contribution in [2.75, 3.05) is 42.9 Å². The van der Waals surface area contributed by atoms with Crippen LogP contribution in [0.5, 0.6) is 0 Å². The van der Waals surface area contributed by atoms with E-state index in [4.69, 9.17) is 4.98 Å². The Labute approximate surface area is 205 Å². The van der Waals surface area contributed by atoms with Gasteiger partial charge in [-0.05, 0) is 50.9 Å². The molecule has 184 valence electrons. The number of hydrogen-bond acceptors (Lipinski definition) is 8. The fourth-order valence-corrected chi connectivity index (χ4v) is 5.39. The van der Waals surface area contributed by atoms with Gasteiger partial charge in [0.05, 0.1) is 17.4 Å². The number of likely N-dealkylation sites (N-methyl/N-ethyl adjacent to an activating group) is 1. The van der Waals surface area contributed by atoms with Crippen molar-refractivity contribution in [1.29, 1.82) is 0 Å². The highest BCUT2D eigenvalue weighted by Gasteiger charge is 2.26. The Hall–Kier alpha value is -3.33. The highest BCUT2D eigenvalue weighted by molar-refractivity contribution is 5.99. The average molecular weight is 476 g/mol. The van der Waals surface area contributed by atoms with Crippen LogP contribution in [0.15, 0.2) is 29.3 Å². The maximum Gasteiger partial charge on any atom is 0.263 e. The minimum Gasteiger partial charge on any atom is -0.368 e. The second-order valence-corrected chi connectivity index (χ2v) is 9.55. The molecule has 1 aliphatic heterocycles. The first-order valence-corrected chi connectivity index (χ1v) is 12.6. The van der Waals surface area contributed by atoms with E-state index in [1.165, 1.54) is 6.92 Å². The monoisotopic (exact) mass is 475 g/mol. The molecule has 1 aliphatic carbocycles. The summed E-state index contributed by atoms with van der Waals surface area (Å²) in [6.07, 6.45) is 7.56. The predicted octanol–water partition coefficient (Wildman–Crippen LogP) is 3.70. The molecule has 0 spiro atoms. The number of carbonyl (C=O) groups excluding carboxylic acids is 1. The minimum atomic E-state index is -0.246. The first-order valence-electron chi connectivity index (χ1n) is 12.6. The van der Waals surface area contributed by atoms with Gasteiger partial charge in [0, 0.05) is 43.8 Å². The number of hydrogen-bond donors (Lipinski definition) is 1. The second kappa shape index (κ2) is 9.73. The summed E-state index contributed by atoms with van der Waals surface area (Å²) in [4.78, 5) is 44.3. The summed E-state index contributed by atoms with van der Waals surface area (Å²) >= 11 is 0. The molecule has 0 bridgehead atoms. The normalized spacial score (nSPS) is 17.3. The number of piperazine rings is 1. The van der Waals surface area contributed by atoms with E-state index in [0.717, 1.165) is 69.5 Å². The van der Waals surface area contributed by atoms with E-state index in [9.17, 15) is 9.59 Å². The zero-order chi connectivity index (χ0) is 24.5. The molecule has 0 atom stereocenters. The van der Waals surface area contributed by atoms with Crippen LogP contribution < -0.4 is 15.8 Å². The van der Waals surface area contributed by atoms with Crippen LogP contribution in [0.3, 0.4) is 0 Å². The van der Waals surface area contributed by atoms with E-state index in [1.54, 1.807) is 17.7 Å². The Balaban J connectivity index is 1.44. The van der Waals surface area contributed by atoms with Crippen molar-refractivity contribution < 1.29 is 4.79 Å². The lowest BCUT2D eigenvalue weighted by Gasteiger charge is -2.35. The summed E-state index contributed by atoms with van der Waals surface area (Å²) in [5.41, 5.74) is 2.32. The summed E-state index contributed by atoms with van der Waals surface area (Å²) in [7, 11) is 0. The molecular formula is C26H33N7O2. The van der Waals surface area contributed by atoms with Crippen LogP contribution in [-0.2, 0) is 0 Å². The third-order valence-electron chi connectivity index (χ3n) is 7.42. The number of nitrogens with one attached hydrogen (secondary N) is 1. The van der Waals surface area contributed by atoms with Crippen molar-refractivity contribution in [2.24, 2.45) is 0 Å². The number of aromatic nitrogens is 4. The van der Waals surface area contributed by atoms with Gasteiger partial charge in [-0.15, -0.1) is 0 Å². The Bertz CT molecular complexity index is 1290. The molecule has 9 nitrogen and oxygen atoms in total. The molecular weight excluding hydrogens is 442 g/mol. The molecule has 0 aromatic carbocycles. The Morgan fingerprint density at radius 3 is 2.46 bits per heavy atom. The third-order valence-corrected chi connectivity index (χ3v) is 7.42. The number of rotatable bonds is 6. The quantitative estimate of drug-likeness (QED) is 0.539. The summed E-state index contributed by atoms with van der Waals surface area (Å²) < 4.78 is 1.73. The van der Waals surface area contributed by atoms with Crippen LogP contribution >= 0.6 is 0 Å². The van der Waals surface area contributed by atoms with Gasteiger partial charge < -0.3 is 15.1 Å². The van der Waals surface area contributed by atoms with Crippen molar-refractivity contribution in [3.63, 3.8) is 0 Å². The zero-order valence-corrected chi connectivity index (χ0v) is 20.8. The third kappa shape index (κ3) is 4.52. The SMILES string of the molecule is CCN1CCN(c2ccc(Nc3ncc4c(C)c(C(C)=O)c(=O)n(C5CCCC5)c4n3)nc2)CC1. The Morgan fingerprint density at radius 2 is 1.83 bits per heavy atom. The number of Topliss-reactive ketones (excluding diaryl/α,β-unsaturated/α-hetero) is 1. The van der Waals surface area contributed by atoms with Gasteiger partial charge >= 0.3 is 0 Å². The van der Waals surface area contributed by atoms with Crippen molar-refractivity contribution >= 4 is 34.3 Å². The number of carbonyl (C=O) groups is 1. The maximum atomic E-state index is 13.4. The Kier molecular flexibility index (Phi) is 6.51. The number of ketones is 1. The van der Waals surface area contributed by atoms with Crippen molar-refractivity contribution in [1.82, 2.24) is 24.4 Å². The van der Waals surface area contributed by atoms with Gasteiger partial charge in [-0.3, -0.25) is 14.2 Å². The highest BCUT2D eigenvalue weighted by atomic mass is 16.1. The molecule has 5 rings (SSSR count). The molecule has 1 saturated carbocycles. The maximum absolute atomic E-state index is 13.4. The average Bonchev–Trinajstić information content (AvgIpc) is 3.39. The molecule has 0 radical (unpaired) electrons. The molecule has 35 heavy (non-hydrogen) atoms. The predicted molar refractivity (Wildman–Crippen MR) is 138 cm³/mol. The summed E-state index contributed by atoms with van der Waals surface area (Å²) in [5.74, 6) is 0.811. The molecule has 1 N–H and O–H groups in total. The largest absolute Gasteiger partial charge is 0.368 e. The molecule has 0 unspecified atom stereocenters. The highest BCUT2D eigenvalue weighted by Crippen LogP contribution is 2.32. The van der Waals surface area contributed by atoms with E-state index >= 15 is 0 Å². The number of anilines is 3. The van der Waals surface area contributed by atoms with Gasteiger partial charge in [-0.1, -0.05) is 19.8 Å². The van der Waals surface area contributed by atoms with E-state index in [-0.39, 0.29) is 22.9 Å². The van der Waals surface area contributed by atoms with Crippen molar-refractivity contribution in [2.45, 2.75) is 52.5 Å². The van der Waals surface area contributed by atoms with Gasteiger partial charge in [0.15, 0.2) is 5.78 Å². The number of pyridine rings is 2. The molecule has 3 aromatic rings. The van der Waals surface area contributed by atoms with Gasteiger partial charge in [-0.2, -0.15) is 4.98 Å². The fraction of sp³-hybridized carbons (Fsp3) is 0.500. The molecule has 2 fully saturated rings. The number of aryl methyl sites for hydroxylation is 1. The summed E-state index contributed by atoms with van der Waals surface area (Å²) in [6.45, 7) is 10.7. The van der Waals surface area contributed by atoms with Gasteiger partial charge in [0.25, 0.3) is 5.56 Å². The summed E-state index contributed by atoms with van der Waals surface area (Å²) in [5, 5.41) is 3.93. The molecule has 3 aromatic heterocycles. The van der Waals surface area contributed by atoms with Crippen LogP contribution in [0.4, 0.5) is 17.5 Å². The lowest BCUT2D eigenvalue weighted by atomic mass is 10.0. The lowest BCUT2D eigenvalue weighted by molar-refractivity contribution is 0.101. The molecule has 9 heteroatoms. The molecule has 2 aliphatic rings. The van der Waals surface area contributed by atoms with Crippen LogP contribution in [0.25, 0.3) is 11.0 Å². The zero-order valence-electron chi connectivity index (χ0n) is 20.8. The minimum absolute atomic E-state index is 0.0528. The molecule has 1 saturated heterocycles. The smallest absolute Gasteiger partial charge is 0.263 e. The van der Waals surface area contributed by atoms with Crippen LogP contribution in [-0.4, -0.2) is 62.9 Å². The van der Waals surface area contributed by atoms with Crippen LogP contribution in [0, 0.1) is 6.92 Å². The fourth-order valence-electron chi connectivity index (χ4n) is 5.39. The van der Waals surface area contributed by atoms with E-state index < -0.39 is 0 Å². The molecule has 4 heterocycles. The van der Waals surface area contributed by atoms with E-state index in [0.29, 0.717) is 23.0 Å². The van der Waals surface area contributed by atoms with Gasteiger partial charge in [0.1, 0.15) is 11.5 Å². The lowest BCUT2D eigenvalue weighted by Crippen LogP contribution is -2.46. The standard InChI is InChI=1S/C26H33N7O2/c1-4-31-11-13-32(14-12-31)20-9-10-22(27-15-20)29-26-28-16-21-17(2)23(18(3)34)25(35)33(24(21)30-26)19-7-5-6-8-19/h9-10,15-16,19H,4-8,11-14H2,1-3H3,(H,27,28,29,30). The topological polar surface area (TPSA) is 96.2 Å².